The Hall–Kier alpha value is -1.67. The van der Waals surface area contributed by atoms with Crippen LogP contribution in [0.4, 0.5) is 0 Å². The van der Waals surface area contributed by atoms with Gasteiger partial charge in [0.25, 0.3) is 0 Å². The van der Waals surface area contributed by atoms with E-state index in [-0.39, 0.29) is 36.8 Å². The van der Waals surface area contributed by atoms with E-state index in [0.717, 1.165) is 32.1 Å². The van der Waals surface area contributed by atoms with Crippen LogP contribution in [0.2, 0.25) is 0 Å². The fourth-order valence-corrected chi connectivity index (χ4v) is 3.51. The molecule has 156 valence electrons. The molecule has 0 aromatic rings. The molecule has 0 aromatic heterocycles. The normalized spacial score (nSPS) is 19.0. The molecule has 8 nitrogen and oxygen atoms in total. The molecule has 0 saturated carbocycles. The van der Waals surface area contributed by atoms with E-state index in [1.54, 1.807) is 10.4 Å². The molecular formula is C19H35N3O5. The molecule has 27 heavy (non-hydrogen) atoms. The highest BCUT2D eigenvalue weighted by Crippen LogP contribution is 2.21. The lowest BCUT2D eigenvalue weighted by Gasteiger charge is -2.31. The molecule has 1 heterocycles. The maximum atomic E-state index is 12.9. The molecule has 0 bridgehead atoms. The maximum Gasteiger partial charge on any atom is 0.245 e. The summed E-state index contributed by atoms with van der Waals surface area (Å²) in [4.78, 5) is 38.9. The molecule has 1 aliphatic heterocycles. The number of unbranched alkanes of at least 4 members (excludes halogenated alkanes) is 2. The highest BCUT2D eigenvalue weighted by atomic mass is 16.5. The number of aliphatic hydroxyl groups excluding tert-OH is 1. The minimum absolute atomic E-state index is 0.0825. The topological polar surface area (TPSA) is 119 Å². The van der Waals surface area contributed by atoms with E-state index in [2.05, 4.69) is 12.2 Å². The quantitative estimate of drug-likeness (QED) is 0.242. The van der Waals surface area contributed by atoms with E-state index >= 15 is 0 Å². The first-order valence-electron chi connectivity index (χ1n) is 10.00. The van der Waals surface area contributed by atoms with Gasteiger partial charge < -0.3 is 15.3 Å². The van der Waals surface area contributed by atoms with Crippen molar-refractivity contribution >= 4 is 17.7 Å². The minimum atomic E-state index is -0.699. The Morgan fingerprint density at radius 2 is 1.93 bits per heavy atom. The Morgan fingerprint density at radius 1 is 1.22 bits per heavy atom. The second kappa shape index (κ2) is 11.9. The van der Waals surface area contributed by atoms with Crippen molar-refractivity contribution in [2.75, 3.05) is 13.2 Å². The van der Waals surface area contributed by atoms with Crippen molar-refractivity contribution in [3.8, 4) is 0 Å². The van der Waals surface area contributed by atoms with Crippen molar-refractivity contribution in [3.63, 3.8) is 0 Å². The predicted octanol–water partition coefficient (Wildman–Crippen LogP) is 1.20. The number of nitrogens with one attached hydrogen (secondary N) is 2. The third-order valence-electron chi connectivity index (χ3n) is 5.18. The summed E-state index contributed by atoms with van der Waals surface area (Å²) in [5.74, 6) is -1.86. The molecule has 3 atom stereocenters. The lowest BCUT2D eigenvalue weighted by molar-refractivity contribution is -0.141. The molecule has 3 amide bonds. The van der Waals surface area contributed by atoms with E-state index < -0.39 is 17.9 Å². The number of amides is 3. The van der Waals surface area contributed by atoms with E-state index in [4.69, 9.17) is 5.21 Å². The second-order valence-electron chi connectivity index (χ2n) is 7.67. The fraction of sp³-hybridized carbons (Fsp3) is 0.842. The molecule has 8 heteroatoms. The summed E-state index contributed by atoms with van der Waals surface area (Å²) in [7, 11) is 0. The largest absolute Gasteiger partial charge is 0.394 e. The van der Waals surface area contributed by atoms with Gasteiger partial charge in [-0.1, -0.05) is 40.0 Å². The number of hydroxylamine groups is 1. The molecule has 0 aromatic carbocycles. The minimum Gasteiger partial charge on any atom is -0.394 e. The molecule has 0 spiro atoms. The predicted molar refractivity (Wildman–Crippen MR) is 101 cm³/mol. The van der Waals surface area contributed by atoms with Crippen molar-refractivity contribution in [1.29, 1.82) is 0 Å². The standard InChI is InChI=1S/C19H35N3O5/c1-4-5-6-8-14(11-16(24)21-27)18(25)20-17(13(2)3)19(26)22-10-7-9-15(22)12-23/h13-15,17,23,27H,4-12H2,1-3H3,(H,20,25)(H,21,24)/t14-,15-,17+/m1/s1. The van der Waals surface area contributed by atoms with Crippen molar-refractivity contribution in [2.45, 2.75) is 77.8 Å². The summed E-state index contributed by atoms with van der Waals surface area (Å²) < 4.78 is 0. The highest BCUT2D eigenvalue weighted by Gasteiger charge is 2.36. The van der Waals surface area contributed by atoms with Gasteiger partial charge in [0.05, 0.1) is 12.6 Å². The smallest absolute Gasteiger partial charge is 0.245 e. The average molecular weight is 386 g/mol. The second-order valence-corrected chi connectivity index (χ2v) is 7.67. The summed E-state index contributed by atoms with van der Waals surface area (Å²) in [6, 6.07) is -0.897. The van der Waals surface area contributed by atoms with Gasteiger partial charge in [0.2, 0.25) is 17.7 Å². The number of rotatable bonds is 11. The van der Waals surface area contributed by atoms with Crippen LogP contribution in [0.1, 0.15) is 65.7 Å². The third-order valence-corrected chi connectivity index (χ3v) is 5.18. The zero-order valence-electron chi connectivity index (χ0n) is 16.7. The van der Waals surface area contributed by atoms with Gasteiger partial charge in [-0.3, -0.25) is 19.6 Å². The van der Waals surface area contributed by atoms with Crippen LogP contribution in [0.3, 0.4) is 0 Å². The molecule has 1 aliphatic rings. The number of aliphatic hydroxyl groups is 1. The van der Waals surface area contributed by atoms with Gasteiger partial charge >= 0.3 is 0 Å². The summed E-state index contributed by atoms with van der Waals surface area (Å²) in [6.07, 6.45) is 4.74. The van der Waals surface area contributed by atoms with Crippen molar-refractivity contribution in [2.24, 2.45) is 11.8 Å². The Kier molecular flexibility index (Phi) is 10.3. The number of nitrogens with zero attached hydrogens (tertiary/aromatic N) is 1. The zero-order valence-corrected chi connectivity index (χ0v) is 16.7. The highest BCUT2D eigenvalue weighted by molar-refractivity contribution is 5.91. The summed E-state index contributed by atoms with van der Waals surface area (Å²) in [5.41, 5.74) is 1.58. The number of hydrogen-bond donors (Lipinski definition) is 4. The van der Waals surface area contributed by atoms with Gasteiger partial charge in [-0.15, -0.1) is 0 Å². The first-order chi connectivity index (χ1) is 12.8. The van der Waals surface area contributed by atoms with Gasteiger partial charge in [0.15, 0.2) is 0 Å². The van der Waals surface area contributed by atoms with Crippen LogP contribution in [0.5, 0.6) is 0 Å². The summed E-state index contributed by atoms with van der Waals surface area (Å²) >= 11 is 0. The Morgan fingerprint density at radius 3 is 2.48 bits per heavy atom. The van der Waals surface area contributed by atoms with Crippen molar-refractivity contribution in [1.82, 2.24) is 15.7 Å². The number of hydrogen-bond acceptors (Lipinski definition) is 5. The van der Waals surface area contributed by atoms with Crippen LogP contribution >= 0.6 is 0 Å². The summed E-state index contributed by atoms with van der Waals surface area (Å²) in [6.45, 7) is 6.27. The van der Waals surface area contributed by atoms with Crippen LogP contribution in [0.15, 0.2) is 0 Å². The Labute approximate surface area is 161 Å². The number of carbonyl (C=O) groups is 3. The summed E-state index contributed by atoms with van der Waals surface area (Å²) in [5, 5.41) is 21.1. The molecule has 0 unspecified atom stereocenters. The van der Waals surface area contributed by atoms with Crippen LogP contribution in [-0.2, 0) is 14.4 Å². The van der Waals surface area contributed by atoms with E-state index in [0.29, 0.717) is 13.0 Å². The first kappa shape index (κ1) is 23.4. The van der Waals surface area contributed by atoms with Crippen molar-refractivity contribution in [3.05, 3.63) is 0 Å². The van der Waals surface area contributed by atoms with Gasteiger partial charge in [0, 0.05) is 18.9 Å². The van der Waals surface area contributed by atoms with Crippen LogP contribution in [0.25, 0.3) is 0 Å². The molecule has 1 fully saturated rings. The monoisotopic (exact) mass is 385 g/mol. The van der Waals surface area contributed by atoms with Gasteiger partial charge in [-0.2, -0.15) is 0 Å². The molecular weight excluding hydrogens is 350 g/mol. The SMILES string of the molecule is CCCCC[C@H](CC(=O)NO)C(=O)N[C@H](C(=O)N1CCC[C@@H]1CO)C(C)C. The number of carbonyl (C=O) groups excluding carboxylic acids is 3. The molecule has 0 radical (unpaired) electrons. The lowest BCUT2D eigenvalue weighted by atomic mass is 9.94. The zero-order chi connectivity index (χ0) is 20.4. The van der Waals surface area contributed by atoms with Crippen LogP contribution < -0.4 is 10.8 Å². The van der Waals surface area contributed by atoms with Crippen LogP contribution in [-0.4, -0.2) is 58.2 Å². The van der Waals surface area contributed by atoms with Gasteiger partial charge in [0.1, 0.15) is 6.04 Å². The first-order valence-corrected chi connectivity index (χ1v) is 10.00. The lowest BCUT2D eigenvalue weighted by Crippen LogP contribution is -2.54. The van der Waals surface area contributed by atoms with Crippen molar-refractivity contribution < 1.29 is 24.7 Å². The third kappa shape index (κ3) is 7.10. The van der Waals surface area contributed by atoms with Gasteiger partial charge in [-0.25, -0.2) is 5.48 Å². The molecule has 1 rings (SSSR count). The Bertz CT molecular complexity index is 498. The van der Waals surface area contributed by atoms with E-state index in [9.17, 15) is 19.5 Å². The molecule has 1 saturated heterocycles. The number of likely N-dealkylation sites (tertiary alicyclic amines) is 1. The molecule has 0 aliphatic carbocycles. The Balaban J connectivity index is 2.82. The maximum absolute atomic E-state index is 12.9. The van der Waals surface area contributed by atoms with Gasteiger partial charge in [-0.05, 0) is 25.2 Å². The fourth-order valence-electron chi connectivity index (χ4n) is 3.51. The van der Waals surface area contributed by atoms with E-state index in [1.807, 2.05) is 13.8 Å². The van der Waals surface area contributed by atoms with Crippen LogP contribution in [0, 0.1) is 11.8 Å². The molecule has 4 N–H and O–H groups in total. The average Bonchev–Trinajstić information content (AvgIpc) is 3.13. The van der Waals surface area contributed by atoms with E-state index in [1.165, 1.54) is 0 Å².